The Bertz CT molecular complexity index is 462. The van der Waals surface area contributed by atoms with Crippen LogP contribution in [0.25, 0.3) is 0 Å². The Morgan fingerprint density at radius 3 is 3.05 bits per heavy atom. The monoisotopic (exact) mass is 282 g/mol. The van der Waals surface area contributed by atoms with Crippen LogP contribution in [0.3, 0.4) is 0 Å². The van der Waals surface area contributed by atoms with Gasteiger partial charge in [-0.15, -0.1) is 11.3 Å². The van der Waals surface area contributed by atoms with Crippen LogP contribution in [0.2, 0.25) is 0 Å². The molecule has 2 atom stereocenters. The van der Waals surface area contributed by atoms with Crippen molar-refractivity contribution in [2.75, 3.05) is 40.0 Å². The van der Waals surface area contributed by atoms with E-state index in [2.05, 4.69) is 23.7 Å². The number of hydrogen-bond donors (Lipinski definition) is 0. The molecule has 0 radical (unpaired) electrons. The van der Waals surface area contributed by atoms with Gasteiger partial charge in [-0.2, -0.15) is 0 Å². The Morgan fingerprint density at radius 1 is 1.53 bits per heavy atom. The molecule has 0 saturated carbocycles. The molecular weight excluding hydrogens is 260 g/mol. The molecule has 3 rings (SSSR count). The van der Waals surface area contributed by atoms with E-state index in [9.17, 15) is 0 Å². The molecule has 0 spiro atoms. The fourth-order valence-electron chi connectivity index (χ4n) is 3.48. The molecule has 0 bridgehead atoms. The van der Waals surface area contributed by atoms with E-state index in [4.69, 9.17) is 9.47 Å². The Kier molecular flexibility index (Phi) is 3.64. The Labute approximate surface area is 118 Å². The number of ether oxygens (including phenoxy) is 2. The topological polar surface area (TPSA) is 34.6 Å². The molecule has 2 aliphatic rings. The fraction of sp³-hybridized carbons (Fsp3) is 0.786. The first kappa shape index (κ1) is 13.5. The van der Waals surface area contributed by atoms with Crippen LogP contribution in [-0.4, -0.2) is 49.9 Å². The van der Waals surface area contributed by atoms with Gasteiger partial charge in [-0.25, -0.2) is 4.98 Å². The number of hydrogen-bond acceptors (Lipinski definition) is 5. The average Bonchev–Trinajstić information content (AvgIpc) is 2.93. The van der Waals surface area contributed by atoms with Gasteiger partial charge in [0.15, 0.2) is 0 Å². The van der Waals surface area contributed by atoms with Gasteiger partial charge in [-0.05, 0) is 13.8 Å². The molecule has 2 saturated heterocycles. The van der Waals surface area contributed by atoms with Gasteiger partial charge in [0.25, 0.3) is 0 Å². The molecule has 5 heteroatoms. The van der Waals surface area contributed by atoms with Crippen molar-refractivity contribution in [3.63, 3.8) is 0 Å². The summed E-state index contributed by atoms with van der Waals surface area (Å²) in [5.41, 5.74) is 1.42. The number of fused-ring (bicyclic) bond motifs is 1. The number of likely N-dealkylation sites (tertiary alicyclic amines) is 1. The number of aromatic nitrogens is 1. The van der Waals surface area contributed by atoms with Crippen molar-refractivity contribution in [1.29, 1.82) is 0 Å². The largest absolute Gasteiger partial charge is 0.384 e. The highest BCUT2D eigenvalue weighted by Crippen LogP contribution is 2.42. The van der Waals surface area contributed by atoms with Crippen LogP contribution in [0.15, 0.2) is 0 Å². The second-order valence-corrected chi connectivity index (χ2v) is 7.21. The molecule has 3 heterocycles. The van der Waals surface area contributed by atoms with Gasteiger partial charge < -0.3 is 9.47 Å². The van der Waals surface area contributed by atoms with Crippen molar-refractivity contribution in [3.05, 3.63) is 15.6 Å². The van der Waals surface area contributed by atoms with E-state index in [0.29, 0.717) is 5.92 Å². The maximum atomic E-state index is 5.68. The second-order valence-electron chi connectivity index (χ2n) is 5.92. The Morgan fingerprint density at radius 2 is 2.37 bits per heavy atom. The third-order valence-corrected chi connectivity index (χ3v) is 5.45. The number of rotatable bonds is 4. The lowest BCUT2D eigenvalue weighted by Gasteiger charge is -2.26. The quantitative estimate of drug-likeness (QED) is 0.844. The highest BCUT2D eigenvalue weighted by Gasteiger charge is 2.50. The molecule has 2 fully saturated rings. The minimum atomic E-state index is 0.225. The van der Waals surface area contributed by atoms with Crippen molar-refractivity contribution in [2.24, 2.45) is 11.3 Å². The van der Waals surface area contributed by atoms with Gasteiger partial charge in [0, 0.05) is 43.0 Å². The van der Waals surface area contributed by atoms with E-state index < -0.39 is 0 Å². The normalized spacial score (nSPS) is 31.0. The summed E-state index contributed by atoms with van der Waals surface area (Å²) >= 11 is 1.83. The summed E-state index contributed by atoms with van der Waals surface area (Å²) in [6.45, 7) is 9.99. The van der Waals surface area contributed by atoms with Crippen molar-refractivity contribution < 1.29 is 9.47 Å². The Balaban J connectivity index is 1.70. The first-order valence-electron chi connectivity index (χ1n) is 6.85. The fourth-order valence-corrected chi connectivity index (χ4v) is 4.46. The number of methoxy groups -OCH3 is 1. The maximum absolute atomic E-state index is 5.68. The molecule has 106 valence electrons. The lowest BCUT2D eigenvalue weighted by molar-refractivity contribution is 0.0534. The smallest absolute Gasteiger partial charge is 0.0900 e. The minimum Gasteiger partial charge on any atom is -0.384 e. The van der Waals surface area contributed by atoms with Crippen LogP contribution in [-0.2, 0) is 16.0 Å². The van der Waals surface area contributed by atoms with Crippen LogP contribution < -0.4 is 0 Å². The van der Waals surface area contributed by atoms with Crippen LogP contribution in [0, 0.1) is 25.2 Å². The molecule has 0 aromatic carbocycles. The summed E-state index contributed by atoms with van der Waals surface area (Å²) in [5.74, 6) is 0.627. The van der Waals surface area contributed by atoms with Crippen molar-refractivity contribution >= 4 is 11.3 Å². The molecule has 1 aromatic rings. The zero-order valence-corrected chi connectivity index (χ0v) is 12.8. The third-order valence-electron chi connectivity index (χ3n) is 4.39. The lowest BCUT2D eigenvalue weighted by Crippen LogP contribution is -2.35. The zero-order valence-electron chi connectivity index (χ0n) is 11.9. The average molecular weight is 282 g/mol. The van der Waals surface area contributed by atoms with Gasteiger partial charge in [-0.1, -0.05) is 0 Å². The molecule has 4 nitrogen and oxygen atoms in total. The first-order valence-corrected chi connectivity index (χ1v) is 7.66. The standard InChI is InChI=1S/C14H22N2O2S/c1-10-13(19-11(2)15-10)5-16-4-12-6-18-9-14(12,7-16)8-17-3/h12H,4-9H2,1-3H3/t12-,14-/m0/s1. The van der Waals surface area contributed by atoms with E-state index >= 15 is 0 Å². The second kappa shape index (κ2) is 5.13. The van der Waals surface area contributed by atoms with Crippen molar-refractivity contribution in [1.82, 2.24) is 9.88 Å². The summed E-state index contributed by atoms with van der Waals surface area (Å²) in [6, 6.07) is 0. The van der Waals surface area contributed by atoms with Gasteiger partial charge in [0.05, 0.1) is 30.5 Å². The Hall–Kier alpha value is -0.490. The molecular formula is C14H22N2O2S. The van der Waals surface area contributed by atoms with Crippen molar-refractivity contribution in [3.8, 4) is 0 Å². The predicted molar refractivity (Wildman–Crippen MR) is 75.5 cm³/mol. The molecule has 19 heavy (non-hydrogen) atoms. The molecule has 1 aromatic heterocycles. The van der Waals surface area contributed by atoms with Crippen LogP contribution in [0.4, 0.5) is 0 Å². The molecule has 0 aliphatic carbocycles. The van der Waals surface area contributed by atoms with Gasteiger partial charge in [0.2, 0.25) is 0 Å². The van der Waals surface area contributed by atoms with E-state index in [0.717, 1.165) is 39.5 Å². The summed E-state index contributed by atoms with van der Waals surface area (Å²) in [6.07, 6.45) is 0. The SMILES string of the molecule is COC[C@@]12COC[C@@H]1CN(Cc1sc(C)nc1C)C2. The van der Waals surface area contributed by atoms with Crippen LogP contribution >= 0.6 is 11.3 Å². The van der Waals surface area contributed by atoms with E-state index in [-0.39, 0.29) is 5.41 Å². The summed E-state index contributed by atoms with van der Waals surface area (Å²) in [7, 11) is 1.80. The van der Waals surface area contributed by atoms with Gasteiger partial charge >= 0.3 is 0 Å². The summed E-state index contributed by atoms with van der Waals surface area (Å²) in [5, 5.41) is 1.17. The highest BCUT2D eigenvalue weighted by molar-refractivity contribution is 7.11. The number of thiazole rings is 1. The minimum absolute atomic E-state index is 0.225. The number of aryl methyl sites for hydroxylation is 2. The first-order chi connectivity index (χ1) is 9.13. The maximum Gasteiger partial charge on any atom is 0.0900 e. The van der Waals surface area contributed by atoms with Crippen LogP contribution in [0.1, 0.15) is 15.6 Å². The molecule has 2 aliphatic heterocycles. The number of nitrogens with zero attached hydrogens (tertiary/aromatic N) is 2. The summed E-state index contributed by atoms with van der Waals surface area (Å²) < 4.78 is 11.1. The van der Waals surface area contributed by atoms with Gasteiger partial charge in [0.1, 0.15) is 0 Å². The van der Waals surface area contributed by atoms with Crippen molar-refractivity contribution in [2.45, 2.75) is 20.4 Å². The van der Waals surface area contributed by atoms with Gasteiger partial charge in [-0.3, -0.25) is 4.90 Å². The van der Waals surface area contributed by atoms with E-state index in [1.165, 1.54) is 15.6 Å². The predicted octanol–water partition coefficient (Wildman–Crippen LogP) is 1.85. The zero-order chi connectivity index (χ0) is 13.5. The van der Waals surface area contributed by atoms with Crippen LogP contribution in [0.5, 0.6) is 0 Å². The summed E-state index contributed by atoms with van der Waals surface area (Å²) in [4.78, 5) is 8.48. The molecule has 0 N–H and O–H groups in total. The van der Waals surface area contributed by atoms with E-state index in [1.807, 2.05) is 11.3 Å². The lowest BCUT2D eigenvalue weighted by atomic mass is 9.82. The third kappa shape index (κ3) is 2.44. The molecule has 0 amide bonds. The highest BCUT2D eigenvalue weighted by atomic mass is 32.1. The molecule has 0 unspecified atom stereocenters. The van der Waals surface area contributed by atoms with E-state index in [1.54, 1.807) is 7.11 Å².